The molecular weight excluding hydrogens is 1260 g/mol. The first kappa shape index (κ1) is 94.1. The normalized spacial score (nSPS) is 14.2. The molecule has 0 heterocycles. The Morgan fingerprint density at radius 1 is 0.292 bits per heavy atom. The molecule has 570 valence electrons. The summed E-state index contributed by atoms with van der Waals surface area (Å²) in [7, 11) is -9.90. The van der Waals surface area contributed by atoms with E-state index in [-0.39, 0.29) is 25.7 Å². The zero-order valence-electron chi connectivity index (χ0n) is 62.5. The Balaban J connectivity index is 5.13. The number of hydrogen-bond donors (Lipinski definition) is 3. The number of ether oxygens (including phenoxy) is 4. The predicted molar refractivity (Wildman–Crippen MR) is 391 cm³/mol. The maximum atomic E-state index is 13.1. The molecule has 0 aromatic carbocycles. The predicted octanol–water partition coefficient (Wildman–Crippen LogP) is 22.9. The van der Waals surface area contributed by atoms with Crippen LogP contribution >= 0.6 is 15.6 Å². The molecule has 3 unspecified atom stereocenters. The summed E-state index contributed by atoms with van der Waals surface area (Å²) in [6.07, 6.45) is 60.0. The monoisotopic (exact) mass is 1410 g/mol. The molecule has 6 atom stereocenters. The van der Waals surface area contributed by atoms with Gasteiger partial charge in [-0.05, 0) is 31.6 Å². The summed E-state index contributed by atoms with van der Waals surface area (Å²) < 4.78 is 68.3. The Morgan fingerprint density at radius 2 is 0.500 bits per heavy atom. The van der Waals surface area contributed by atoms with Gasteiger partial charge in [0.15, 0.2) is 12.2 Å². The van der Waals surface area contributed by atoms with E-state index in [1.807, 2.05) is 0 Å². The lowest BCUT2D eigenvalue weighted by molar-refractivity contribution is -0.161. The molecule has 3 N–H and O–H groups in total. The van der Waals surface area contributed by atoms with Crippen LogP contribution in [0.1, 0.15) is 407 Å². The van der Waals surface area contributed by atoms with Crippen molar-refractivity contribution in [1.29, 1.82) is 0 Å². The van der Waals surface area contributed by atoms with Crippen LogP contribution in [0.2, 0.25) is 0 Å². The first-order valence-corrected chi connectivity index (χ1v) is 43.2. The molecule has 0 aliphatic carbocycles. The smallest absolute Gasteiger partial charge is 0.462 e. The Bertz CT molecular complexity index is 1840. The molecule has 96 heavy (non-hydrogen) atoms. The quantitative estimate of drug-likeness (QED) is 0.0222. The van der Waals surface area contributed by atoms with Crippen molar-refractivity contribution in [3.63, 3.8) is 0 Å². The molecule has 0 aliphatic rings. The number of hydrogen-bond acceptors (Lipinski definition) is 15. The number of aliphatic hydroxyl groups is 1. The highest BCUT2D eigenvalue weighted by molar-refractivity contribution is 7.47. The minimum atomic E-state index is -4.96. The lowest BCUT2D eigenvalue weighted by Gasteiger charge is -2.21. The molecule has 0 amide bonds. The van der Waals surface area contributed by atoms with E-state index >= 15 is 0 Å². The number of carbonyl (C=O) groups excluding carboxylic acids is 4. The van der Waals surface area contributed by atoms with Gasteiger partial charge in [-0.3, -0.25) is 37.3 Å². The van der Waals surface area contributed by atoms with Crippen LogP contribution in [0.4, 0.5) is 0 Å². The molecule has 0 aromatic heterocycles. The van der Waals surface area contributed by atoms with Crippen molar-refractivity contribution >= 4 is 39.5 Å². The van der Waals surface area contributed by atoms with Crippen molar-refractivity contribution in [3.05, 3.63) is 0 Å². The molecule has 0 fully saturated rings. The zero-order valence-corrected chi connectivity index (χ0v) is 64.3. The van der Waals surface area contributed by atoms with Crippen LogP contribution in [0.5, 0.6) is 0 Å². The second-order valence-electron chi connectivity index (χ2n) is 28.0. The fraction of sp³-hybridized carbons (Fsp3) is 0.948. The largest absolute Gasteiger partial charge is 0.472 e. The first-order valence-electron chi connectivity index (χ1n) is 40.2. The highest BCUT2D eigenvalue weighted by Gasteiger charge is 2.30. The molecule has 0 radical (unpaired) electrons. The molecule has 19 heteroatoms. The third kappa shape index (κ3) is 69.2. The average molecular weight is 1410 g/mol. The number of rotatable bonds is 77. The average Bonchev–Trinajstić information content (AvgIpc) is 1.14. The second-order valence-corrected chi connectivity index (χ2v) is 30.9. The van der Waals surface area contributed by atoms with E-state index in [4.69, 9.17) is 37.0 Å². The van der Waals surface area contributed by atoms with E-state index in [0.29, 0.717) is 25.7 Å². The van der Waals surface area contributed by atoms with Gasteiger partial charge in [0.05, 0.1) is 26.4 Å². The van der Waals surface area contributed by atoms with Crippen LogP contribution < -0.4 is 0 Å². The summed E-state index contributed by atoms with van der Waals surface area (Å²) in [5.41, 5.74) is 0. The number of aliphatic hydroxyl groups excluding tert-OH is 1. The lowest BCUT2D eigenvalue weighted by atomic mass is 9.99. The summed E-state index contributed by atoms with van der Waals surface area (Å²) in [6, 6.07) is 0. The van der Waals surface area contributed by atoms with Crippen LogP contribution in [-0.2, 0) is 65.4 Å². The number of unbranched alkanes of at least 4 members (excludes halogenated alkanes) is 48. The SMILES string of the molecule is CCCCCCCCCCCCCCCCCCCCCCCCC(=O)O[C@H](COC(=O)CCCCCCCCCCCCCCCCC(C)CC)COP(=O)(O)OC[C@@H](O)COP(=O)(O)OC[C@@H](COC(=O)CCCCCCCCCC)OC(=O)CCCCCCCCCC. The van der Waals surface area contributed by atoms with Crippen LogP contribution in [0.25, 0.3) is 0 Å². The lowest BCUT2D eigenvalue weighted by Crippen LogP contribution is -2.30. The van der Waals surface area contributed by atoms with Gasteiger partial charge in [-0.25, -0.2) is 9.13 Å². The van der Waals surface area contributed by atoms with Crippen LogP contribution in [0.3, 0.4) is 0 Å². The summed E-state index contributed by atoms with van der Waals surface area (Å²) in [4.78, 5) is 72.6. The summed E-state index contributed by atoms with van der Waals surface area (Å²) in [6.45, 7) is 7.29. The Morgan fingerprint density at radius 3 is 0.740 bits per heavy atom. The van der Waals surface area contributed by atoms with Gasteiger partial charge in [0.25, 0.3) is 0 Å². The first-order chi connectivity index (χ1) is 46.6. The van der Waals surface area contributed by atoms with E-state index in [0.717, 1.165) is 109 Å². The van der Waals surface area contributed by atoms with Crippen molar-refractivity contribution in [2.75, 3.05) is 39.6 Å². The maximum Gasteiger partial charge on any atom is 0.472 e. The Hall–Kier alpha value is -1.94. The van der Waals surface area contributed by atoms with Gasteiger partial charge in [-0.2, -0.15) is 0 Å². The van der Waals surface area contributed by atoms with Crippen molar-refractivity contribution in [3.8, 4) is 0 Å². The van der Waals surface area contributed by atoms with Gasteiger partial charge in [0.1, 0.15) is 19.3 Å². The highest BCUT2D eigenvalue weighted by Crippen LogP contribution is 2.45. The number of phosphoric ester groups is 2. The van der Waals surface area contributed by atoms with E-state index in [1.165, 1.54) is 218 Å². The molecule has 0 saturated carbocycles. The molecular formula is C77H150O17P2. The number of esters is 4. The van der Waals surface area contributed by atoms with Crippen molar-refractivity contribution in [1.82, 2.24) is 0 Å². The third-order valence-electron chi connectivity index (χ3n) is 18.4. The Kier molecular flexibility index (Phi) is 68.7. The molecule has 0 rings (SSSR count). The molecule has 0 spiro atoms. The standard InChI is InChI=1S/C77H150O17P2/c1-6-10-13-16-19-22-23-24-25-26-27-28-29-30-31-32-37-40-43-48-53-58-63-77(82)94-73(67-88-75(80)61-56-51-47-42-39-36-34-33-35-38-41-44-49-54-59-70(5)9-4)69-92-96(85,86)90-65-71(78)64-89-95(83,84)91-68-72(93-76(81)62-57-52-46-21-18-15-12-8-3)66-87-74(79)60-55-50-45-20-17-14-11-7-2/h70-73,78H,6-69H2,1-5H3,(H,83,84)(H,85,86)/t70?,71-,72+,73+/m0/s1. The highest BCUT2D eigenvalue weighted by atomic mass is 31.2. The fourth-order valence-corrected chi connectivity index (χ4v) is 13.4. The minimum Gasteiger partial charge on any atom is -0.462 e. The van der Waals surface area contributed by atoms with Crippen molar-refractivity contribution in [2.45, 2.75) is 425 Å². The van der Waals surface area contributed by atoms with Crippen molar-refractivity contribution in [2.24, 2.45) is 5.92 Å². The van der Waals surface area contributed by atoms with Gasteiger partial charge in [-0.15, -0.1) is 0 Å². The zero-order chi connectivity index (χ0) is 70.5. The van der Waals surface area contributed by atoms with Gasteiger partial charge >= 0.3 is 39.5 Å². The molecule has 0 aliphatic heterocycles. The van der Waals surface area contributed by atoms with Gasteiger partial charge in [0, 0.05) is 25.7 Å². The number of phosphoric acid groups is 2. The summed E-state index contributed by atoms with van der Waals surface area (Å²) in [5.74, 6) is -1.27. The van der Waals surface area contributed by atoms with E-state index < -0.39 is 97.5 Å². The minimum absolute atomic E-state index is 0.105. The summed E-state index contributed by atoms with van der Waals surface area (Å²) >= 11 is 0. The van der Waals surface area contributed by atoms with Crippen molar-refractivity contribution < 1.29 is 80.2 Å². The van der Waals surface area contributed by atoms with Gasteiger partial charge in [0.2, 0.25) is 0 Å². The number of carbonyl (C=O) groups is 4. The van der Waals surface area contributed by atoms with Crippen LogP contribution in [0, 0.1) is 5.92 Å². The second kappa shape index (κ2) is 70.1. The topological polar surface area (TPSA) is 237 Å². The fourth-order valence-electron chi connectivity index (χ4n) is 11.8. The molecule has 0 aromatic rings. The molecule has 17 nitrogen and oxygen atoms in total. The van der Waals surface area contributed by atoms with E-state index in [2.05, 4.69) is 34.6 Å². The third-order valence-corrected chi connectivity index (χ3v) is 20.3. The maximum absolute atomic E-state index is 13.1. The molecule has 0 saturated heterocycles. The van der Waals surface area contributed by atoms with E-state index in [1.54, 1.807) is 0 Å². The van der Waals surface area contributed by atoms with Gasteiger partial charge < -0.3 is 33.8 Å². The van der Waals surface area contributed by atoms with Gasteiger partial charge in [-0.1, -0.05) is 356 Å². The Labute approximate surface area is 588 Å². The van der Waals surface area contributed by atoms with Crippen LogP contribution in [-0.4, -0.2) is 96.7 Å². The molecule has 0 bridgehead atoms. The van der Waals surface area contributed by atoms with E-state index in [9.17, 15) is 43.2 Å². The van der Waals surface area contributed by atoms with Crippen LogP contribution in [0.15, 0.2) is 0 Å². The summed E-state index contributed by atoms with van der Waals surface area (Å²) in [5, 5.41) is 10.6.